The number of benzene rings is 2. The molecule has 6 nitrogen and oxygen atoms in total. The topological polar surface area (TPSA) is 68.0 Å². The molecule has 0 radical (unpaired) electrons. The van der Waals surface area contributed by atoms with E-state index in [2.05, 4.69) is 28.1 Å². The van der Waals surface area contributed by atoms with Crippen molar-refractivity contribution < 1.29 is 9.66 Å². The second-order valence-corrected chi connectivity index (χ2v) is 9.07. The molecule has 0 amide bonds. The lowest BCUT2D eigenvalue weighted by Crippen LogP contribution is -2.33. The normalized spacial score (nSPS) is 20.2. The predicted molar refractivity (Wildman–Crippen MR) is 111 cm³/mol. The van der Waals surface area contributed by atoms with Gasteiger partial charge in [-0.2, -0.15) is 5.10 Å². The largest absolute Gasteiger partial charge is 0.464 e. The van der Waals surface area contributed by atoms with Gasteiger partial charge in [0, 0.05) is 29.7 Å². The number of hydrazone groups is 1. The molecule has 0 spiro atoms. The summed E-state index contributed by atoms with van der Waals surface area (Å²) in [5.74, 6) is 0.830. The molecule has 0 N–H and O–H groups in total. The van der Waals surface area contributed by atoms with Crippen LogP contribution in [0.5, 0.6) is 5.75 Å². The first-order valence-electron chi connectivity index (χ1n) is 8.71. The number of rotatable bonds is 3. The van der Waals surface area contributed by atoms with Gasteiger partial charge in [-0.1, -0.05) is 18.2 Å². The average Bonchev–Trinajstić information content (AvgIpc) is 3.34. The average molecular weight is 456 g/mol. The van der Waals surface area contributed by atoms with Gasteiger partial charge in [-0.3, -0.25) is 10.1 Å². The molecular formula is C20H14BrN3O3S. The molecule has 0 saturated carbocycles. The lowest BCUT2D eigenvalue weighted by molar-refractivity contribution is -0.384. The molecule has 28 heavy (non-hydrogen) atoms. The first-order chi connectivity index (χ1) is 13.6. The fourth-order valence-electron chi connectivity index (χ4n) is 3.63. The molecule has 140 valence electrons. The monoisotopic (exact) mass is 455 g/mol. The summed E-state index contributed by atoms with van der Waals surface area (Å²) < 4.78 is 7.33. The highest BCUT2D eigenvalue weighted by Crippen LogP contribution is 2.48. The molecule has 2 aliphatic rings. The van der Waals surface area contributed by atoms with Crippen LogP contribution in [-0.2, 0) is 0 Å². The van der Waals surface area contributed by atoms with Crippen molar-refractivity contribution in [2.24, 2.45) is 5.10 Å². The van der Waals surface area contributed by atoms with E-state index in [4.69, 9.17) is 9.84 Å². The number of halogens is 1. The van der Waals surface area contributed by atoms with Gasteiger partial charge >= 0.3 is 0 Å². The number of thiophene rings is 1. The molecule has 0 aliphatic carbocycles. The van der Waals surface area contributed by atoms with E-state index in [0.29, 0.717) is 0 Å². The van der Waals surface area contributed by atoms with Crippen molar-refractivity contribution in [3.63, 3.8) is 0 Å². The van der Waals surface area contributed by atoms with Crippen LogP contribution in [0.3, 0.4) is 0 Å². The Morgan fingerprint density at radius 2 is 1.93 bits per heavy atom. The van der Waals surface area contributed by atoms with E-state index >= 15 is 0 Å². The highest BCUT2D eigenvalue weighted by Gasteiger charge is 2.41. The van der Waals surface area contributed by atoms with Crippen LogP contribution in [0.2, 0.25) is 0 Å². The van der Waals surface area contributed by atoms with Crippen molar-refractivity contribution in [2.75, 3.05) is 0 Å². The summed E-state index contributed by atoms with van der Waals surface area (Å²) in [6, 6.07) is 18.6. The van der Waals surface area contributed by atoms with Gasteiger partial charge in [-0.25, -0.2) is 5.01 Å². The molecule has 3 heterocycles. The maximum absolute atomic E-state index is 11.0. The van der Waals surface area contributed by atoms with Crippen molar-refractivity contribution in [3.05, 3.63) is 90.6 Å². The number of nitrogens with zero attached hydrogens (tertiary/aromatic N) is 3. The van der Waals surface area contributed by atoms with Crippen LogP contribution in [-0.4, -0.2) is 15.6 Å². The minimum absolute atomic E-state index is 0.0607. The van der Waals surface area contributed by atoms with Crippen molar-refractivity contribution in [1.29, 1.82) is 0 Å². The molecule has 0 saturated heterocycles. The third-order valence-corrected chi connectivity index (χ3v) is 6.62. The summed E-state index contributed by atoms with van der Waals surface area (Å²) in [5.41, 5.74) is 3.02. The molecule has 5 rings (SSSR count). The van der Waals surface area contributed by atoms with Crippen LogP contribution in [0.15, 0.2) is 69.6 Å². The summed E-state index contributed by atoms with van der Waals surface area (Å²) in [5, 5.41) is 17.8. The zero-order chi connectivity index (χ0) is 19.3. The van der Waals surface area contributed by atoms with Crippen molar-refractivity contribution >= 4 is 38.7 Å². The smallest absolute Gasteiger partial charge is 0.269 e. The van der Waals surface area contributed by atoms with Crippen LogP contribution in [0, 0.1) is 10.1 Å². The minimum atomic E-state index is -0.429. The lowest BCUT2D eigenvalue weighted by atomic mass is 9.98. The van der Waals surface area contributed by atoms with E-state index in [0.717, 1.165) is 37.7 Å². The molecule has 3 aromatic rings. The molecular weight excluding hydrogens is 442 g/mol. The van der Waals surface area contributed by atoms with Crippen molar-refractivity contribution in [2.45, 2.75) is 18.7 Å². The molecule has 2 aromatic carbocycles. The number of hydrogen-bond donors (Lipinski definition) is 0. The predicted octanol–water partition coefficient (Wildman–Crippen LogP) is 5.66. The Morgan fingerprint density at radius 1 is 1.14 bits per heavy atom. The molecule has 0 fully saturated rings. The molecule has 2 aliphatic heterocycles. The number of fused-ring (bicyclic) bond motifs is 3. The minimum Gasteiger partial charge on any atom is -0.464 e. The third-order valence-electron chi connectivity index (χ3n) is 4.95. The van der Waals surface area contributed by atoms with Crippen LogP contribution in [0.4, 0.5) is 5.69 Å². The number of hydrogen-bond acceptors (Lipinski definition) is 6. The fraction of sp³-hybridized carbons (Fsp3) is 0.150. The Bertz CT molecular complexity index is 1100. The molecule has 8 heteroatoms. The second kappa shape index (κ2) is 6.72. The van der Waals surface area contributed by atoms with Gasteiger partial charge in [-0.05, 0) is 46.3 Å². The summed E-state index contributed by atoms with van der Waals surface area (Å²) in [4.78, 5) is 11.7. The maximum atomic E-state index is 11.0. The summed E-state index contributed by atoms with van der Waals surface area (Å²) in [7, 11) is 0. The van der Waals surface area contributed by atoms with Crippen LogP contribution in [0.1, 0.15) is 34.7 Å². The lowest BCUT2D eigenvalue weighted by Gasteiger charge is -2.38. The Morgan fingerprint density at radius 3 is 2.64 bits per heavy atom. The standard InChI is InChI=1S/C20H14BrN3O3S/c21-19-10-9-18(28-19)15-11-16-14-3-1-2-4-17(14)27-20(23(16)22-15)12-5-7-13(8-6-12)24(25)26/h1-10,16,20H,11H2/t16-,20+/m0/s1. The van der Waals surface area contributed by atoms with Gasteiger partial charge in [0.2, 0.25) is 6.23 Å². The molecule has 0 bridgehead atoms. The van der Waals surface area contributed by atoms with E-state index < -0.39 is 11.2 Å². The number of ether oxygens (including phenoxy) is 1. The van der Waals surface area contributed by atoms with E-state index in [1.165, 1.54) is 12.1 Å². The highest BCUT2D eigenvalue weighted by molar-refractivity contribution is 9.11. The van der Waals surface area contributed by atoms with Crippen LogP contribution in [0.25, 0.3) is 0 Å². The van der Waals surface area contributed by atoms with Gasteiger partial charge in [0.15, 0.2) is 0 Å². The fourth-order valence-corrected chi connectivity index (χ4v) is 5.01. The quantitative estimate of drug-likeness (QED) is 0.377. The van der Waals surface area contributed by atoms with E-state index in [9.17, 15) is 10.1 Å². The van der Waals surface area contributed by atoms with Gasteiger partial charge in [-0.15, -0.1) is 11.3 Å². The summed E-state index contributed by atoms with van der Waals surface area (Å²) in [6.45, 7) is 0. The number of para-hydroxylation sites is 1. The second-order valence-electron chi connectivity index (χ2n) is 6.61. The Labute approximate surface area is 173 Å². The zero-order valence-electron chi connectivity index (χ0n) is 14.5. The van der Waals surface area contributed by atoms with Crippen molar-refractivity contribution in [1.82, 2.24) is 5.01 Å². The first-order valence-corrected chi connectivity index (χ1v) is 10.3. The number of nitro groups is 1. The highest BCUT2D eigenvalue weighted by atomic mass is 79.9. The van der Waals surface area contributed by atoms with E-state index in [1.54, 1.807) is 23.5 Å². The van der Waals surface area contributed by atoms with Gasteiger partial charge in [0.25, 0.3) is 5.69 Å². The molecule has 0 unspecified atom stereocenters. The van der Waals surface area contributed by atoms with Gasteiger partial charge in [0.1, 0.15) is 5.75 Å². The van der Waals surface area contributed by atoms with Crippen LogP contribution >= 0.6 is 27.3 Å². The SMILES string of the molecule is O=[N+]([O-])c1ccc([C@H]2Oc3ccccc3[C@@H]3CC(c4ccc(Br)s4)=NN23)cc1. The molecule has 2 atom stereocenters. The summed E-state index contributed by atoms with van der Waals surface area (Å²) in [6.07, 6.45) is 0.359. The van der Waals surface area contributed by atoms with Crippen molar-refractivity contribution in [3.8, 4) is 5.75 Å². The van der Waals surface area contributed by atoms with Gasteiger partial charge in [0.05, 0.1) is 25.3 Å². The van der Waals surface area contributed by atoms with Gasteiger partial charge < -0.3 is 4.74 Å². The van der Waals surface area contributed by atoms with E-state index in [-0.39, 0.29) is 11.7 Å². The Hall–Kier alpha value is -2.71. The van der Waals surface area contributed by atoms with Crippen LogP contribution < -0.4 is 4.74 Å². The summed E-state index contributed by atoms with van der Waals surface area (Å²) >= 11 is 5.18. The molecule has 1 aromatic heterocycles. The Kier molecular flexibility index (Phi) is 4.17. The Balaban J connectivity index is 1.57. The zero-order valence-corrected chi connectivity index (χ0v) is 16.9. The third kappa shape index (κ3) is 2.89. The van der Waals surface area contributed by atoms with E-state index in [1.807, 2.05) is 29.3 Å². The number of nitro benzene ring substituents is 1. The maximum Gasteiger partial charge on any atom is 0.269 e. The number of non-ortho nitro benzene ring substituents is 1. The first kappa shape index (κ1) is 17.4.